The molecule has 0 aromatic heterocycles. The summed E-state index contributed by atoms with van der Waals surface area (Å²) in [6, 6.07) is 16.5. The van der Waals surface area contributed by atoms with Crippen molar-refractivity contribution >= 4 is 33.2 Å². The molecule has 0 spiro atoms. The normalized spacial score (nSPS) is 13.9. The summed E-state index contributed by atoms with van der Waals surface area (Å²) >= 11 is 3.45. The number of amidine groups is 1. The van der Waals surface area contributed by atoms with E-state index in [1.165, 1.54) is 5.69 Å². The standard InChI is InChI=1S/C17H16BrN3/c1-21(2)15-9-5-13(6-10-15)17-19-11-16(20-17)12-3-7-14(18)8-4-12/h3-10H,11H2,1-2H3. The fourth-order valence-electron chi connectivity index (χ4n) is 2.21. The first-order valence-electron chi connectivity index (χ1n) is 6.79. The average Bonchev–Trinajstić information content (AvgIpc) is 2.98. The number of halogens is 1. The first-order chi connectivity index (χ1) is 10.1. The predicted octanol–water partition coefficient (Wildman–Crippen LogP) is 3.76. The lowest BCUT2D eigenvalue weighted by atomic mass is 10.1. The van der Waals surface area contributed by atoms with E-state index in [2.05, 4.69) is 67.2 Å². The molecule has 2 aromatic carbocycles. The molecule has 21 heavy (non-hydrogen) atoms. The van der Waals surface area contributed by atoms with Crippen LogP contribution in [0.15, 0.2) is 63.0 Å². The largest absolute Gasteiger partial charge is 0.378 e. The molecule has 1 heterocycles. The SMILES string of the molecule is CN(C)c1ccc(C2=NCC(c3ccc(Br)cc3)=N2)cc1. The Bertz CT molecular complexity index is 698. The molecular weight excluding hydrogens is 326 g/mol. The van der Waals surface area contributed by atoms with Gasteiger partial charge in [0.15, 0.2) is 5.84 Å². The van der Waals surface area contributed by atoms with E-state index in [1.807, 2.05) is 26.2 Å². The maximum Gasteiger partial charge on any atom is 0.155 e. The number of anilines is 1. The smallest absolute Gasteiger partial charge is 0.155 e. The molecule has 4 heteroatoms. The Kier molecular flexibility index (Phi) is 3.88. The zero-order valence-electron chi connectivity index (χ0n) is 12.0. The van der Waals surface area contributed by atoms with Crippen LogP contribution >= 0.6 is 15.9 Å². The van der Waals surface area contributed by atoms with E-state index in [-0.39, 0.29) is 0 Å². The van der Waals surface area contributed by atoms with Gasteiger partial charge >= 0.3 is 0 Å². The Labute approximate surface area is 133 Å². The van der Waals surface area contributed by atoms with Gasteiger partial charge in [-0.25, -0.2) is 4.99 Å². The molecule has 0 aliphatic carbocycles. The third-order valence-corrected chi connectivity index (χ3v) is 3.97. The van der Waals surface area contributed by atoms with Crippen molar-refractivity contribution < 1.29 is 0 Å². The molecule has 0 N–H and O–H groups in total. The van der Waals surface area contributed by atoms with E-state index in [4.69, 9.17) is 0 Å². The van der Waals surface area contributed by atoms with Crippen LogP contribution in [-0.2, 0) is 0 Å². The summed E-state index contributed by atoms with van der Waals surface area (Å²) in [5, 5.41) is 0. The van der Waals surface area contributed by atoms with Gasteiger partial charge < -0.3 is 4.90 Å². The van der Waals surface area contributed by atoms with Crippen LogP contribution in [0.2, 0.25) is 0 Å². The summed E-state index contributed by atoms with van der Waals surface area (Å²) in [5.74, 6) is 0.818. The second-order valence-electron chi connectivity index (χ2n) is 5.15. The van der Waals surface area contributed by atoms with Gasteiger partial charge in [-0.3, -0.25) is 4.99 Å². The number of aliphatic imine (C=N–C) groups is 2. The quantitative estimate of drug-likeness (QED) is 0.835. The number of nitrogens with zero attached hydrogens (tertiary/aromatic N) is 3. The summed E-state index contributed by atoms with van der Waals surface area (Å²) in [7, 11) is 4.07. The lowest BCUT2D eigenvalue weighted by molar-refractivity contribution is 1.13. The molecule has 0 fully saturated rings. The van der Waals surface area contributed by atoms with Crippen LogP contribution < -0.4 is 4.90 Å². The Hall–Kier alpha value is -1.94. The van der Waals surface area contributed by atoms with Gasteiger partial charge in [0.25, 0.3) is 0 Å². The van der Waals surface area contributed by atoms with Crippen molar-refractivity contribution in [2.45, 2.75) is 0 Å². The summed E-state index contributed by atoms with van der Waals surface area (Å²) < 4.78 is 1.07. The van der Waals surface area contributed by atoms with Crippen molar-refractivity contribution in [1.82, 2.24) is 0 Å². The number of rotatable bonds is 3. The molecule has 1 aliphatic rings. The minimum absolute atomic E-state index is 0.645. The van der Waals surface area contributed by atoms with Crippen molar-refractivity contribution in [3.63, 3.8) is 0 Å². The van der Waals surface area contributed by atoms with Crippen molar-refractivity contribution in [2.75, 3.05) is 25.5 Å². The van der Waals surface area contributed by atoms with Gasteiger partial charge in [-0.05, 0) is 42.0 Å². The lowest BCUT2D eigenvalue weighted by Crippen LogP contribution is -2.08. The van der Waals surface area contributed by atoms with E-state index in [9.17, 15) is 0 Å². The molecular formula is C17H16BrN3. The highest BCUT2D eigenvalue weighted by molar-refractivity contribution is 9.10. The number of hydrogen-bond acceptors (Lipinski definition) is 3. The molecule has 0 saturated carbocycles. The minimum atomic E-state index is 0.645. The first-order valence-corrected chi connectivity index (χ1v) is 7.58. The van der Waals surface area contributed by atoms with E-state index < -0.39 is 0 Å². The zero-order chi connectivity index (χ0) is 14.8. The van der Waals surface area contributed by atoms with Crippen LogP contribution in [0, 0.1) is 0 Å². The molecule has 0 bridgehead atoms. The molecule has 106 valence electrons. The van der Waals surface area contributed by atoms with Gasteiger partial charge in [-0.15, -0.1) is 0 Å². The van der Waals surface area contributed by atoms with Gasteiger partial charge in [0.2, 0.25) is 0 Å². The molecule has 3 nitrogen and oxygen atoms in total. The van der Waals surface area contributed by atoms with Crippen LogP contribution in [0.3, 0.4) is 0 Å². The van der Waals surface area contributed by atoms with E-state index in [1.54, 1.807) is 0 Å². The molecule has 0 unspecified atom stereocenters. The van der Waals surface area contributed by atoms with Crippen molar-refractivity contribution in [3.05, 3.63) is 64.1 Å². The Morgan fingerprint density at radius 1 is 0.905 bits per heavy atom. The van der Waals surface area contributed by atoms with Crippen molar-refractivity contribution in [1.29, 1.82) is 0 Å². The Morgan fingerprint density at radius 2 is 1.52 bits per heavy atom. The van der Waals surface area contributed by atoms with E-state index >= 15 is 0 Å². The highest BCUT2D eigenvalue weighted by Crippen LogP contribution is 2.18. The molecule has 1 aliphatic heterocycles. The number of hydrogen-bond donors (Lipinski definition) is 0. The zero-order valence-corrected chi connectivity index (χ0v) is 13.6. The molecule has 0 atom stereocenters. The third-order valence-electron chi connectivity index (χ3n) is 3.44. The van der Waals surface area contributed by atoms with Crippen LogP contribution in [0.1, 0.15) is 11.1 Å². The van der Waals surface area contributed by atoms with Crippen LogP contribution in [0.5, 0.6) is 0 Å². The average molecular weight is 342 g/mol. The monoisotopic (exact) mass is 341 g/mol. The molecule has 0 saturated heterocycles. The number of benzene rings is 2. The van der Waals surface area contributed by atoms with Crippen molar-refractivity contribution in [3.8, 4) is 0 Å². The van der Waals surface area contributed by atoms with E-state index in [0.717, 1.165) is 27.1 Å². The first kappa shape index (κ1) is 14.0. The second kappa shape index (κ2) is 5.82. The maximum absolute atomic E-state index is 4.67. The lowest BCUT2D eigenvalue weighted by Gasteiger charge is -2.12. The summed E-state index contributed by atoms with van der Waals surface area (Å²) in [4.78, 5) is 11.3. The highest BCUT2D eigenvalue weighted by atomic mass is 79.9. The van der Waals surface area contributed by atoms with E-state index in [0.29, 0.717) is 6.54 Å². The molecule has 3 rings (SSSR count). The van der Waals surface area contributed by atoms with Gasteiger partial charge in [-0.2, -0.15) is 0 Å². The van der Waals surface area contributed by atoms with Crippen LogP contribution in [0.4, 0.5) is 5.69 Å². The van der Waals surface area contributed by atoms with Crippen LogP contribution in [-0.4, -0.2) is 32.2 Å². The van der Waals surface area contributed by atoms with Gasteiger partial charge in [0.05, 0.1) is 12.3 Å². The topological polar surface area (TPSA) is 28.0 Å². The highest BCUT2D eigenvalue weighted by Gasteiger charge is 2.13. The maximum atomic E-state index is 4.67. The molecule has 2 aromatic rings. The fourth-order valence-corrected chi connectivity index (χ4v) is 2.48. The van der Waals surface area contributed by atoms with Crippen molar-refractivity contribution in [2.24, 2.45) is 9.98 Å². The molecule has 0 amide bonds. The fraction of sp³-hybridized carbons (Fsp3) is 0.176. The Morgan fingerprint density at radius 3 is 2.14 bits per heavy atom. The summed E-state index contributed by atoms with van der Waals surface area (Å²) in [5.41, 5.74) is 4.39. The predicted molar refractivity (Wildman–Crippen MR) is 92.9 cm³/mol. The minimum Gasteiger partial charge on any atom is -0.378 e. The van der Waals surface area contributed by atoms with Crippen LogP contribution in [0.25, 0.3) is 0 Å². The summed E-state index contributed by atoms with van der Waals surface area (Å²) in [6.07, 6.45) is 0. The van der Waals surface area contributed by atoms with Gasteiger partial charge in [0, 0.05) is 29.8 Å². The summed E-state index contributed by atoms with van der Waals surface area (Å²) in [6.45, 7) is 0.645. The van der Waals surface area contributed by atoms with Gasteiger partial charge in [0.1, 0.15) is 0 Å². The second-order valence-corrected chi connectivity index (χ2v) is 6.06. The third kappa shape index (κ3) is 3.05. The van der Waals surface area contributed by atoms with Gasteiger partial charge in [-0.1, -0.05) is 28.1 Å². The molecule has 0 radical (unpaired) electrons. The Balaban J connectivity index is 1.83.